The molecule has 0 saturated heterocycles. The number of primary sulfonamides is 1. The van der Waals surface area contributed by atoms with Gasteiger partial charge in [0.2, 0.25) is 10.0 Å². The average Bonchev–Trinajstić information content (AvgIpc) is 3.17. The van der Waals surface area contributed by atoms with Gasteiger partial charge in [-0.3, -0.25) is 0 Å². The van der Waals surface area contributed by atoms with Crippen LogP contribution in [0.4, 0.5) is 5.13 Å². The van der Waals surface area contributed by atoms with Crippen LogP contribution in [0.25, 0.3) is 0 Å². The fourth-order valence-corrected chi connectivity index (χ4v) is 3.45. The first kappa shape index (κ1) is 15.7. The molecular formula is C14H15N5O2S2. The van der Waals surface area contributed by atoms with Gasteiger partial charge in [-0.05, 0) is 11.1 Å². The number of rotatable bonds is 6. The molecule has 0 aliphatic rings. The molecule has 0 bridgehead atoms. The van der Waals surface area contributed by atoms with Crippen molar-refractivity contribution in [1.82, 2.24) is 14.5 Å². The van der Waals surface area contributed by atoms with Crippen molar-refractivity contribution in [2.24, 2.45) is 5.14 Å². The Morgan fingerprint density at radius 3 is 2.57 bits per heavy atom. The van der Waals surface area contributed by atoms with Gasteiger partial charge in [-0.25, -0.2) is 23.5 Å². The Balaban J connectivity index is 1.59. The van der Waals surface area contributed by atoms with Gasteiger partial charge in [-0.2, -0.15) is 0 Å². The number of nitrogens with one attached hydrogen (secondary N) is 1. The van der Waals surface area contributed by atoms with Crippen molar-refractivity contribution in [3.8, 4) is 0 Å². The molecule has 3 rings (SSSR count). The van der Waals surface area contributed by atoms with Gasteiger partial charge >= 0.3 is 0 Å². The average molecular weight is 349 g/mol. The van der Waals surface area contributed by atoms with Crippen LogP contribution in [0.5, 0.6) is 0 Å². The number of thiazole rings is 1. The molecule has 7 nitrogen and oxygen atoms in total. The third-order valence-corrected chi connectivity index (χ3v) is 5.52. The SMILES string of the molecule is NS(=O)(=O)c1cnc(NCc2ccc(Cn3ccnc3)cc2)s1. The van der Waals surface area contributed by atoms with E-state index >= 15 is 0 Å². The summed E-state index contributed by atoms with van der Waals surface area (Å²) in [6.45, 7) is 1.33. The van der Waals surface area contributed by atoms with E-state index in [9.17, 15) is 8.42 Å². The molecule has 2 aromatic heterocycles. The lowest BCUT2D eigenvalue weighted by atomic mass is 10.1. The Labute approximate surface area is 137 Å². The molecule has 1 aromatic carbocycles. The lowest BCUT2D eigenvalue weighted by molar-refractivity contribution is 0.599. The van der Waals surface area contributed by atoms with Gasteiger partial charge in [-0.1, -0.05) is 35.6 Å². The van der Waals surface area contributed by atoms with E-state index in [-0.39, 0.29) is 4.21 Å². The van der Waals surface area contributed by atoms with Crippen molar-refractivity contribution >= 4 is 26.5 Å². The Hall–Kier alpha value is -2.23. The van der Waals surface area contributed by atoms with E-state index in [0.717, 1.165) is 23.4 Å². The van der Waals surface area contributed by atoms with Crippen LogP contribution in [0.15, 0.2) is 53.4 Å². The van der Waals surface area contributed by atoms with Crippen LogP contribution in [0.2, 0.25) is 0 Å². The van der Waals surface area contributed by atoms with Crippen molar-refractivity contribution in [1.29, 1.82) is 0 Å². The molecule has 9 heteroatoms. The smallest absolute Gasteiger partial charge is 0.249 e. The third-order valence-electron chi connectivity index (χ3n) is 3.16. The molecule has 0 amide bonds. The van der Waals surface area contributed by atoms with E-state index in [1.165, 1.54) is 11.8 Å². The number of aromatic nitrogens is 3. The molecule has 0 aliphatic carbocycles. The first-order chi connectivity index (χ1) is 11.0. The number of nitrogens with two attached hydrogens (primary N) is 1. The zero-order chi connectivity index (χ0) is 16.3. The monoisotopic (exact) mass is 349 g/mol. The second kappa shape index (κ2) is 6.49. The van der Waals surface area contributed by atoms with Gasteiger partial charge in [0.15, 0.2) is 9.34 Å². The molecule has 3 N–H and O–H groups in total. The predicted octanol–water partition coefficient (Wildman–Crippen LogP) is 1.65. The fourth-order valence-electron chi connectivity index (χ4n) is 2.00. The Bertz CT molecular complexity index is 870. The Kier molecular flexibility index (Phi) is 4.42. The quantitative estimate of drug-likeness (QED) is 0.704. The molecule has 0 radical (unpaired) electrons. The van der Waals surface area contributed by atoms with Gasteiger partial charge < -0.3 is 9.88 Å². The van der Waals surface area contributed by atoms with E-state index in [2.05, 4.69) is 27.4 Å². The first-order valence-corrected chi connectivity index (χ1v) is 9.13. The lowest BCUT2D eigenvalue weighted by Crippen LogP contribution is -2.09. The largest absolute Gasteiger partial charge is 0.357 e. The standard InChI is InChI=1S/C14H15N5O2S2/c15-23(20,21)13-8-18-14(22-13)17-7-11-1-3-12(4-2-11)9-19-6-5-16-10-19/h1-6,8,10H,7,9H2,(H,17,18)(H2,15,20,21). The summed E-state index contributed by atoms with van der Waals surface area (Å²) in [5.74, 6) is 0. The minimum atomic E-state index is -3.69. The molecule has 0 atom stereocenters. The number of imidazole rings is 1. The summed E-state index contributed by atoms with van der Waals surface area (Å²) in [5, 5.41) is 8.67. The molecular weight excluding hydrogens is 334 g/mol. The number of nitrogens with zero attached hydrogens (tertiary/aromatic N) is 3. The summed E-state index contributed by atoms with van der Waals surface area (Å²) in [5.41, 5.74) is 2.25. The summed E-state index contributed by atoms with van der Waals surface area (Å²) in [4.78, 5) is 8.02. The highest BCUT2D eigenvalue weighted by molar-refractivity contribution is 7.91. The van der Waals surface area contributed by atoms with E-state index in [1.807, 2.05) is 22.9 Å². The molecule has 120 valence electrons. The lowest BCUT2D eigenvalue weighted by Gasteiger charge is -2.06. The van der Waals surface area contributed by atoms with Gasteiger partial charge in [0, 0.05) is 25.5 Å². The van der Waals surface area contributed by atoms with E-state index < -0.39 is 10.0 Å². The van der Waals surface area contributed by atoms with E-state index in [0.29, 0.717) is 11.7 Å². The maximum atomic E-state index is 11.2. The summed E-state index contributed by atoms with van der Waals surface area (Å²) in [7, 11) is -3.69. The van der Waals surface area contributed by atoms with Crippen LogP contribution >= 0.6 is 11.3 Å². The third kappa shape index (κ3) is 4.15. The molecule has 2 heterocycles. The molecule has 0 saturated carbocycles. The normalized spacial score (nSPS) is 11.5. The van der Waals surface area contributed by atoms with E-state index in [1.54, 1.807) is 12.5 Å². The van der Waals surface area contributed by atoms with Gasteiger partial charge in [-0.15, -0.1) is 0 Å². The van der Waals surface area contributed by atoms with E-state index in [4.69, 9.17) is 5.14 Å². The number of benzene rings is 1. The van der Waals surface area contributed by atoms with Crippen LogP contribution < -0.4 is 10.5 Å². The molecule has 0 fully saturated rings. The number of anilines is 1. The molecule has 23 heavy (non-hydrogen) atoms. The van der Waals surface area contributed by atoms with Crippen molar-refractivity contribution in [3.63, 3.8) is 0 Å². The fraction of sp³-hybridized carbons (Fsp3) is 0.143. The van der Waals surface area contributed by atoms with Crippen molar-refractivity contribution in [2.75, 3.05) is 5.32 Å². The van der Waals surface area contributed by atoms with Crippen LogP contribution in [-0.4, -0.2) is 23.0 Å². The maximum Gasteiger partial charge on any atom is 0.249 e. The molecule has 0 unspecified atom stereocenters. The second-order valence-corrected chi connectivity index (χ2v) is 7.75. The van der Waals surface area contributed by atoms with Crippen molar-refractivity contribution < 1.29 is 8.42 Å². The summed E-state index contributed by atoms with van der Waals surface area (Å²) >= 11 is 1.02. The molecule has 3 aromatic rings. The van der Waals surface area contributed by atoms with Gasteiger partial charge in [0.1, 0.15) is 0 Å². The Morgan fingerprint density at radius 2 is 1.96 bits per heavy atom. The minimum absolute atomic E-state index is 0.0516. The van der Waals surface area contributed by atoms with Crippen molar-refractivity contribution in [3.05, 3.63) is 60.3 Å². The molecule has 0 spiro atoms. The number of hydrogen-bond donors (Lipinski definition) is 2. The summed E-state index contributed by atoms with van der Waals surface area (Å²) < 4.78 is 24.5. The van der Waals surface area contributed by atoms with Crippen LogP contribution in [-0.2, 0) is 23.1 Å². The van der Waals surface area contributed by atoms with Crippen LogP contribution in [0.3, 0.4) is 0 Å². The highest BCUT2D eigenvalue weighted by Gasteiger charge is 2.12. The van der Waals surface area contributed by atoms with Gasteiger partial charge in [0.25, 0.3) is 0 Å². The van der Waals surface area contributed by atoms with Gasteiger partial charge in [0.05, 0.1) is 12.5 Å². The van der Waals surface area contributed by atoms with Crippen LogP contribution in [0.1, 0.15) is 11.1 Å². The molecule has 0 aliphatic heterocycles. The number of sulfonamides is 1. The second-order valence-electron chi connectivity index (χ2n) is 4.93. The highest BCUT2D eigenvalue weighted by Crippen LogP contribution is 2.22. The van der Waals surface area contributed by atoms with Crippen LogP contribution in [0, 0.1) is 0 Å². The zero-order valence-electron chi connectivity index (χ0n) is 12.1. The first-order valence-electron chi connectivity index (χ1n) is 6.77. The highest BCUT2D eigenvalue weighted by atomic mass is 32.2. The predicted molar refractivity (Wildman–Crippen MR) is 88.6 cm³/mol. The van der Waals surface area contributed by atoms with Crippen molar-refractivity contribution in [2.45, 2.75) is 17.3 Å². The topological polar surface area (TPSA) is 103 Å². The number of hydrogen-bond acceptors (Lipinski definition) is 6. The maximum absolute atomic E-state index is 11.2. The minimum Gasteiger partial charge on any atom is -0.357 e. The zero-order valence-corrected chi connectivity index (χ0v) is 13.7. The summed E-state index contributed by atoms with van der Waals surface area (Å²) in [6.07, 6.45) is 6.71. The summed E-state index contributed by atoms with van der Waals surface area (Å²) in [6, 6.07) is 8.14. The Morgan fingerprint density at radius 1 is 1.22 bits per heavy atom.